The number of likely N-dealkylation sites (N-methyl/N-ethyl adjacent to an activating group) is 1. The van der Waals surface area contributed by atoms with Crippen molar-refractivity contribution in [1.29, 1.82) is 0 Å². The molecule has 2 aromatic carbocycles. The molecule has 152 valence electrons. The normalized spacial score (nSPS) is 17.4. The summed E-state index contributed by atoms with van der Waals surface area (Å²) in [7, 11) is 1.68. The highest BCUT2D eigenvalue weighted by atomic mass is 35.5. The summed E-state index contributed by atoms with van der Waals surface area (Å²) in [5.41, 5.74) is 0.845. The lowest BCUT2D eigenvalue weighted by Gasteiger charge is -2.29. The summed E-state index contributed by atoms with van der Waals surface area (Å²) in [6.07, 6.45) is 1.70. The zero-order valence-electron chi connectivity index (χ0n) is 16.0. The van der Waals surface area contributed by atoms with Gasteiger partial charge in [-0.25, -0.2) is 4.79 Å². The zero-order chi connectivity index (χ0) is 20.4. The first-order valence-electron chi connectivity index (χ1n) is 9.50. The first kappa shape index (κ1) is 19.4. The van der Waals surface area contributed by atoms with Crippen LogP contribution >= 0.6 is 11.6 Å². The van der Waals surface area contributed by atoms with Gasteiger partial charge in [-0.05, 0) is 43.2 Å². The minimum Gasteiger partial charge on any atom is -0.486 e. The van der Waals surface area contributed by atoms with E-state index in [1.807, 2.05) is 24.3 Å². The lowest BCUT2D eigenvalue weighted by Crippen LogP contribution is -2.43. The van der Waals surface area contributed by atoms with Crippen molar-refractivity contribution in [2.24, 2.45) is 0 Å². The lowest BCUT2D eigenvalue weighted by molar-refractivity contribution is 0.0731. The summed E-state index contributed by atoms with van der Waals surface area (Å²) >= 11 is 6.15. The second kappa shape index (κ2) is 8.21. The molecule has 1 heterocycles. The van der Waals surface area contributed by atoms with E-state index in [9.17, 15) is 9.59 Å². The van der Waals surface area contributed by atoms with Gasteiger partial charge in [0, 0.05) is 18.8 Å². The van der Waals surface area contributed by atoms with Gasteiger partial charge in [0.15, 0.2) is 17.6 Å². The number of carbonyl (C=O) groups excluding carboxylic acids is 2. The Labute approximate surface area is 173 Å². The molecule has 1 saturated carbocycles. The van der Waals surface area contributed by atoms with Crippen molar-refractivity contribution in [2.75, 3.05) is 25.5 Å². The monoisotopic (exact) mass is 415 g/mol. The number of benzene rings is 2. The number of carbonyl (C=O) groups is 2. The molecule has 1 fully saturated rings. The number of para-hydroxylation sites is 2. The fourth-order valence-corrected chi connectivity index (χ4v) is 3.23. The van der Waals surface area contributed by atoms with Crippen molar-refractivity contribution in [3.05, 3.63) is 53.1 Å². The number of fused-ring (bicyclic) bond motifs is 1. The molecule has 0 bridgehead atoms. The fraction of sp³-hybridized carbons (Fsp3) is 0.333. The van der Waals surface area contributed by atoms with Crippen LogP contribution in [0.3, 0.4) is 0 Å². The number of urea groups is 1. The van der Waals surface area contributed by atoms with Gasteiger partial charge in [-0.15, -0.1) is 0 Å². The van der Waals surface area contributed by atoms with Crippen LogP contribution in [0.15, 0.2) is 42.5 Å². The molecule has 8 heteroatoms. The fourth-order valence-electron chi connectivity index (χ4n) is 3.03. The third-order valence-corrected chi connectivity index (χ3v) is 5.10. The van der Waals surface area contributed by atoms with E-state index in [0.717, 1.165) is 12.8 Å². The predicted octanol–water partition coefficient (Wildman–Crippen LogP) is 3.54. The van der Waals surface area contributed by atoms with Crippen LogP contribution in [0.1, 0.15) is 23.2 Å². The van der Waals surface area contributed by atoms with Crippen LogP contribution in [0, 0.1) is 0 Å². The molecule has 2 aliphatic rings. The first-order chi connectivity index (χ1) is 14.0. The highest BCUT2D eigenvalue weighted by molar-refractivity contribution is 6.34. The molecule has 0 saturated heterocycles. The number of amides is 3. The Morgan fingerprint density at radius 3 is 2.69 bits per heavy atom. The maximum atomic E-state index is 12.6. The molecule has 1 aliphatic carbocycles. The van der Waals surface area contributed by atoms with Gasteiger partial charge in [0.2, 0.25) is 0 Å². The van der Waals surface area contributed by atoms with Crippen molar-refractivity contribution in [2.45, 2.75) is 25.0 Å². The van der Waals surface area contributed by atoms with Gasteiger partial charge in [-0.2, -0.15) is 0 Å². The standard InChI is InChI=1S/C21H22ClN3O4/c1-25(11-15-12-28-18-4-2-3-5-19(18)29-15)21(27)24-14-8-9-17(22)16(10-14)20(26)23-13-6-7-13/h2-5,8-10,13,15H,6-7,11-12H2,1H3,(H,23,26)(H,24,27). The molecule has 0 aromatic heterocycles. The van der Waals surface area contributed by atoms with E-state index in [1.165, 1.54) is 4.90 Å². The van der Waals surface area contributed by atoms with E-state index in [-0.39, 0.29) is 24.1 Å². The highest BCUT2D eigenvalue weighted by Gasteiger charge is 2.26. The molecule has 1 aliphatic heterocycles. The number of ether oxygens (including phenoxy) is 2. The molecule has 4 rings (SSSR count). The molecular formula is C21H22ClN3O4. The third-order valence-electron chi connectivity index (χ3n) is 4.77. The first-order valence-corrected chi connectivity index (χ1v) is 9.88. The van der Waals surface area contributed by atoms with E-state index in [2.05, 4.69) is 10.6 Å². The van der Waals surface area contributed by atoms with Crippen LogP contribution < -0.4 is 20.1 Å². The summed E-state index contributed by atoms with van der Waals surface area (Å²) in [5.74, 6) is 1.14. The second-order valence-corrected chi connectivity index (χ2v) is 7.66. The van der Waals surface area contributed by atoms with Crippen molar-refractivity contribution in [3.8, 4) is 11.5 Å². The van der Waals surface area contributed by atoms with Gasteiger partial charge >= 0.3 is 6.03 Å². The number of nitrogens with one attached hydrogen (secondary N) is 2. The van der Waals surface area contributed by atoms with Gasteiger partial charge in [-0.3, -0.25) is 4.79 Å². The number of nitrogens with zero attached hydrogens (tertiary/aromatic N) is 1. The average Bonchev–Trinajstić information content (AvgIpc) is 3.53. The molecule has 0 radical (unpaired) electrons. The number of hydrogen-bond donors (Lipinski definition) is 2. The molecule has 0 spiro atoms. The summed E-state index contributed by atoms with van der Waals surface area (Å²) in [5, 5.41) is 6.04. The molecule has 1 atom stereocenters. The SMILES string of the molecule is CN(CC1COc2ccccc2O1)C(=O)Nc1ccc(Cl)c(C(=O)NC2CC2)c1. The van der Waals surface area contributed by atoms with Crippen LogP contribution in [0.5, 0.6) is 11.5 Å². The number of anilines is 1. The zero-order valence-corrected chi connectivity index (χ0v) is 16.7. The molecular weight excluding hydrogens is 394 g/mol. The van der Waals surface area contributed by atoms with E-state index < -0.39 is 0 Å². The topological polar surface area (TPSA) is 79.9 Å². The Balaban J connectivity index is 1.35. The lowest BCUT2D eigenvalue weighted by atomic mass is 10.2. The van der Waals surface area contributed by atoms with Gasteiger partial charge in [0.05, 0.1) is 17.1 Å². The molecule has 2 aromatic rings. The Bertz CT molecular complexity index is 932. The van der Waals surface area contributed by atoms with E-state index in [4.69, 9.17) is 21.1 Å². The minimum absolute atomic E-state index is 0.228. The molecule has 3 amide bonds. The maximum absolute atomic E-state index is 12.6. The van der Waals surface area contributed by atoms with Gasteiger partial charge in [-0.1, -0.05) is 23.7 Å². The Morgan fingerprint density at radius 1 is 1.17 bits per heavy atom. The summed E-state index contributed by atoms with van der Waals surface area (Å²) in [6.45, 7) is 0.712. The van der Waals surface area contributed by atoms with Crippen LogP contribution in [-0.2, 0) is 0 Å². The van der Waals surface area contributed by atoms with Gasteiger partial charge < -0.3 is 25.0 Å². The van der Waals surface area contributed by atoms with Gasteiger partial charge in [0.25, 0.3) is 5.91 Å². The Hall–Kier alpha value is -2.93. The van der Waals surface area contributed by atoms with Crippen LogP contribution in [-0.4, -0.2) is 49.2 Å². The van der Waals surface area contributed by atoms with Crippen molar-refractivity contribution < 1.29 is 19.1 Å². The van der Waals surface area contributed by atoms with E-state index in [1.54, 1.807) is 25.2 Å². The number of rotatable bonds is 5. The number of halogens is 1. The number of hydrogen-bond acceptors (Lipinski definition) is 4. The van der Waals surface area contributed by atoms with Crippen LogP contribution in [0.2, 0.25) is 5.02 Å². The van der Waals surface area contributed by atoms with E-state index in [0.29, 0.717) is 40.9 Å². The van der Waals surface area contributed by atoms with E-state index >= 15 is 0 Å². The molecule has 29 heavy (non-hydrogen) atoms. The van der Waals surface area contributed by atoms with Crippen molar-refractivity contribution >= 4 is 29.2 Å². The van der Waals surface area contributed by atoms with Crippen LogP contribution in [0.4, 0.5) is 10.5 Å². The van der Waals surface area contributed by atoms with Crippen molar-refractivity contribution in [1.82, 2.24) is 10.2 Å². The van der Waals surface area contributed by atoms with Crippen molar-refractivity contribution in [3.63, 3.8) is 0 Å². The van der Waals surface area contributed by atoms with Crippen LogP contribution in [0.25, 0.3) is 0 Å². The highest BCUT2D eigenvalue weighted by Crippen LogP contribution is 2.31. The van der Waals surface area contributed by atoms with Gasteiger partial charge in [0.1, 0.15) is 6.61 Å². The summed E-state index contributed by atoms with van der Waals surface area (Å²) in [4.78, 5) is 26.4. The quantitative estimate of drug-likeness (QED) is 0.782. The Kier molecular flexibility index (Phi) is 5.49. The summed E-state index contributed by atoms with van der Waals surface area (Å²) < 4.78 is 11.6. The molecule has 2 N–H and O–H groups in total. The Morgan fingerprint density at radius 2 is 1.93 bits per heavy atom. The maximum Gasteiger partial charge on any atom is 0.321 e. The molecule has 1 unspecified atom stereocenters. The largest absolute Gasteiger partial charge is 0.486 e. The second-order valence-electron chi connectivity index (χ2n) is 7.25. The summed E-state index contributed by atoms with van der Waals surface area (Å²) in [6, 6.07) is 12.2. The smallest absolute Gasteiger partial charge is 0.321 e. The third kappa shape index (κ3) is 4.74. The predicted molar refractivity (Wildman–Crippen MR) is 110 cm³/mol. The average molecular weight is 416 g/mol. The minimum atomic E-state index is -0.316. The molecule has 7 nitrogen and oxygen atoms in total.